The first-order valence-corrected chi connectivity index (χ1v) is 8.22. The molecule has 2 rings (SSSR count). The van der Waals surface area contributed by atoms with Crippen LogP contribution in [0.25, 0.3) is 0 Å². The molecule has 2 aromatic rings. The minimum Gasteiger partial charge on any atom is -0.352 e. The van der Waals surface area contributed by atoms with Crippen molar-refractivity contribution in [2.24, 2.45) is 0 Å². The van der Waals surface area contributed by atoms with Gasteiger partial charge < -0.3 is 10.6 Å². The normalized spacial score (nSPS) is 11.6. The van der Waals surface area contributed by atoms with Crippen LogP contribution in [0.4, 0.5) is 0 Å². The summed E-state index contributed by atoms with van der Waals surface area (Å²) in [6.07, 6.45) is 3.43. The maximum atomic E-state index is 12.4. The number of carbonyl (C=O) groups is 2. The second kappa shape index (κ2) is 8.82. The number of hydrogen-bond donors (Lipinski definition) is 2. The smallest absolute Gasteiger partial charge is 0.270 e. The maximum absolute atomic E-state index is 12.4. The highest BCUT2D eigenvalue weighted by molar-refractivity contribution is 5.98. The lowest BCUT2D eigenvalue weighted by molar-refractivity contribution is 0.0935. The fourth-order valence-corrected chi connectivity index (χ4v) is 2.27. The lowest BCUT2D eigenvalue weighted by Crippen LogP contribution is -2.28. The van der Waals surface area contributed by atoms with Gasteiger partial charge in [0.05, 0.1) is 6.04 Å². The number of amides is 2. The molecule has 1 aromatic carbocycles. The summed E-state index contributed by atoms with van der Waals surface area (Å²) in [4.78, 5) is 28.5. The topological polar surface area (TPSA) is 71.1 Å². The van der Waals surface area contributed by atoms with E-state index in [-0.39, 0.29) is 23.6 Å². The summed E-state index contributed by atoms with van der Waals surface area (Å²) in [5.74, 6) is -0.481. The first kappa shape index (κ1) is 17.7. The Morgan fingerprint density at radius 1 is 1.12 bits per heavy atom. The predicted molar refractivity (Wildman–Crippen MR) is 93.8 cm³/mol. The van der Waals surface area contributed by atoms with Crippen molar-refractivity contribution in [1.29, 1.82) is 0 Å². The first-order valence-electron chi connectivity index (χ1n) is 8.22. The molecule has 0 spiro atoms. The number of unbranched alkanes of at least 4 members (excludes halogenated alkanes) is 1. The third-order valence-electron chi connectivity index (χ3n) is 3.72. The molecule has 5 nitrogen and oxygen atoms in total. The van der Waals surface area contributed by atoms with Gasteiger partial charge in [0, 0.05) is 18.3 Å². The molecule has 5 heteroatoms. The molecule has 24 heavy (non-hydrogen) atoms. The zero-order valence-corrected chi connectivity index (χ0v) is 14.1. The fraction of sp³-hybridized carbons (Fsp3) is 0.316. The number of carbonyl (C=O) groups excluding carboxylic acids is 2. The van der Waals surface area contributed by atoms with E-state index in [0.29, 0.717) is 12.1 Å². The molecule has 1 aromatic heterocycles. The molecule has 1 unspecified atom stereocenters. The molecule has 0 bridgehead atoms. The Hall–Kier alpha value is -2.69. The molecule has 0 saturated carbocycles. The minimum absolute atomic E-state index is 0.137. The van der Waals surface area contributed by atoms with Gasteiger partial charge in [-0.05, 0) is 31.0 Å². The lowest BCUT2D eigenvalue weighted by atomic mass is 10.1. The van der Waals surface area contributed by atoms with Crippen LogP contribution in [0, 0.1) is 0 Å². The number of nitrogens with one attached hydrogen (secondary N) is 2. The summed E-state index contributed by atoms with van der Waals surface area (Å²) < 4.78 is 0. The average Bonchev–Trinajstić information content (AvgIpc) is 2.62. The zero-order chi connectivity index (χ0) is 17.4. The van der Waals surface area contributed by atoms with Crippen LogP contribution >= 0.6 is 0 Å². The highest BCUT2D eigenvalue weighted by atomic mass is 16.2. The second-order valence-corrected chi connectivity index (χ2v) is 5.65. The van der Waals surface area contributed by atoms with Gasteiger partial charge in [-0.15, -0.1) is 0 Å². The first-order chi connectivity index (χ1) is 11.6. The van der Waals surface area contributed by atoms with E-state index in [1.165, 1.54) is 12.3 Å². The Balaban J connectivity index is 2.02. The van der Waals surface area contributed by atoms with Crippen LogP contribution in [-0.4, -0.2) is 23.3 Å². The van der Waals surface area contributed by atoms with Gasteiger partial charge in [0.1, 0.15) is 5.69 Å². The van der Waals surface area contributed by atoms with Crippen LogP contribution in [0.3, 0.4) is 0 Å². The number of rotatable bonds is 7. The van der Waals surface area contributed by atoms with Crippen molar-refractivity contribution in [3.63, 3.8) is 0 Å². The summed E-state index contributed by atoms with van der Waals surface area (Å²) >= 11 is 0. The maximum Gasteiger partial charge on any atom is 0.270 e. The van der Waals surface area contributed by atoms with Crippen molar-refractivity contribution in [3.8, 4) is 0 Å². The van der Waals surface area contributed by atoms with E-state index in [1.54, 1.807) is 6.07 Å². The Morgan fingerprint density at radius 2 is 1.88 bits per heavy atom. The van der Waals surface area contributed by atoms with E-state index in [2.05, 4.69) is 22.5 Å². The van der Waals surface area contributed by atoms with Crippen molar-refractivity contribution in [2.45, 2.75) is 32.7 Å². The number of benzene rings is 1. The van der Waals surface area contributed by atoms with Gasteiger partial charge in [-0.2, -0.15) is 0 Å². The van der Waals surface area contributed by atoms with Crippen LogP contribution in [-0.2, 0) is 0 Å². The molecule has 0 saturated heterocycles. The molecule has 0 aliphatic heterocycles. The Kier molecular flexibility index (Phi) is 6.49. The van der Waals surface area contributed by atoms with Crippen molar-refractivity contribution >= 4 is 11.8 Å². The second-order valence-electron chi connectivity index (χ2n) is 5.65. The summed E-state index contributed by atoms with van der Waals surface area (Å²) in [5, 5.41) is 5.73. The van der Waals surface area contributed by atoms with Crippen LogP contribution < -0.4 is 10.6 Å². The van der Waals surface area contributed by atoms with Gasteiger partial charge >= 0.3 is 0 Å². The predicted octanol–water partition coefficient (Wildman–Crippen LogP) is 3.10. The standard InChI is InChI=1S/C19H23N3O2/c1-3-4-11-21-18(23)16-10-12-20-17(13-16)19(24)22-14(2)15-8-6-5-7-9-15/h5-10,12-14H,3-4,11H2,1-2H3,(H,21,23)(H,22,24). The number of pyridine rings is 1. The molecule has 1 atom stereocenters. The summed E-state index contributed by atoms with van der Waals surface area (Å²) in [6, 6.07) is 12.7. The third kappa shape index (κ3) is 4.91. The van der Waals surface area contributed by atoms with E-state index in [0.717, 1.165) is 18.4 Å². The van der Waals surface area contributed by atoms with E-state index in [9.17, 15) is 9.59 Å². The third-order valence-corrected chi connectivity index (χ3v) is 3.72. The highest BCUT2D eigenvalue weighted by Gasteiger charge is 2.14. The van der Waals surface area contributed by atoms with Gasteiger partial charge in [0.2, 0.25) is 0 Å². The SMILES string of the molecule is CCCCNC(=O)c1ccnc(C(=O)NC(C)c2ccccc2)c1. The Morgan fingerprint density at radius 3 is 2.58 bits per heavy atom. The molecule has 0 fully saturated rings. The van der Waals surface area contributed by atoms with Crippen molar-refractivity contribution in [1.82, 2.24) is 15.6 Å². The van der Waals surface area contributed by atoms with Crippen molar-refractivity contribution < 1.29 is 9.59 Å². The molecule has 0 radical (unpaired) electrons. The molecule has 2 N–H and O–H groups in total. The van der Waals surface area contributed by atoms with Crippen molar-refractivity contribution in [2.75, 3.05) is 6.54 Å². The van der Waals surface area contributed by atoms with Crippen LogP contribution in [0.1, 0.15) is 59.1 Å². The summed E-state index contributed by atoms with van der Waals surface area (Å²) in [7, 11) is 0. The fourth-order valence-electron chi connectivity index (χ4n) is 2.27. The number of hydrogen-bond acceptors (Lipinski definition) is 3. The Bertz CT molecular complexity index is 686. The molecule has 126 valence electrons. The van der Waals surface area contributed by atoms with E-state index >= 15 is 0 Å². The van der Waals surface area contributed by atoms with Gasteiger partial charge in [-0.25, -0.2) is 0 Å². The molecule has 0 aliphatic rings. The van der Waals surface area contributed by atoms with Gasteiger partial charge in [0.15, 0.2) is 0 Å². The van der Waals surface area contributed by atoms with Gasteiger partial charge in [-0.3, -0.25) is 14.6 Å². The minimum atomic E-state index is -0.297. The molecule has 2 amide bonds. The van der Waals surface area contributed by atoms with Crippen LogP contribution in [0.5, 0.6) is 0 Å². The Labute approximate surface area is 142 Å². The van der Waals surface area contributed by atoms with E-state index in [1.807, 2.05) is 37.3 Å². The van der Waals surface area contributed by atoms with E-state index < -0.39 is 0 Å². The highest BCUT2D eigenvalue weighted by Crippen LogP contribution is 2.12. The van der Waals surface area contributed by atoms with Gasteiger partial charge in [0.25, 0.3) is 11.8 Å². The molecular formula is C19H23N3O2. The molecular weight excluding hydrogens is 302 g/mol. The lowest BCUT2D eigenvalue weighted by Gasteiger charge is -2.14. The van der Waals surface area contributed by atoms with Crippen molar-refractivity contribution in [3.05, 3.63) is 65.5 Å². The number of aromatic nitrogens is 1. The summed E-state index contributed by atoms with van der Waals surface area (Å²) in [5.41, 5.74) is 1.69. The molecule has 1 heterocycles. The number of nitrogens with zero attached hydrogens (tertiary/aromatic N) is 1. The van der Waals surface area contributed by atoms with Crippen LogP contribution in [0.2, 0.25) is 0 Å². The average molecular weight is 325 g/mol. The summed E-state index contributed by atoms with van der Waals surface area (Å²) in [6.45, 7) is 4.60. The monoisotopic (exact) mass is 325 g/mol. The van der Waals surface area contributed by atoms with E-state index in [4.69, 9.17) is 0 Å². The quantitative estimate of drug-likeness (QED) is 0.768. The zero-order valence-electron chi connectivity index (χ0n) is 14.1. The van der Waals surface area contributed by atoms with Gasteiger partial charge in [-0.1, -0.05) is 43.7 Å². The van der Waals surface area contributed by atoms with Crippen LogP contribution in [0.15, 0.2) is 48.7 Å². The largest absolute Gasteiger partial charge is 0.352 e. The molecule has 0 aliphatic carbocycles.